The lowest BCUT2D eigenvalue weighted by atomic mass is 9.96. The molecule has 7 nitrogen and oxygen atoms in total. The Hall–Kier alpha value is -1.59. The Kier molecular flexibility index (Phi) is 9.21. The second kappa shape index (κ2) is 11.9. The molecular weight excluding hydrogens is 523 g/mol. The zero-order valence-electron chi connectivity index (χ0n) is 18.2. The number of benzene rings is 1. The van der Waals surface area contributed by atoms with E-state index >= 15 is 0 Å². The standard InChI is InChI=1S/C22H32N6OS.HI/c1-29-20-4-2-19(3-5-20)17-26-9-6-18(7-10-26)16-25-21(23)27-11-13-28(14-12-27)22-24-8-15-30-22;/h2-5,8,15,18H,6-7,9-14,16-17H2,1H3,(H2,23,25);1H. The van der Waals surface area contributed by atoms with E-state index in [9.17, 15) is 0 Å². The number of rotatable bonds is 6. The van der Waals surface area contributed by atoms with Crippen molar-refractivity contribution >= 4 is 46.4 Å². The van der Waals surface area contributed by atoms with Crippen molar-refractivity contribution in [3.05, 3.63) is 41.4 Å². The first-order valence-corrected chi connectivity index (χ1v) is 11.6. The molecule has 0 spiro atoms. The summed E-state index contributed by atoms with van der Waals surface area (Å²) in [5.41, 5.74) is 7.65. The van der Waals surface area contributed by atoms with Gasteiger partial charge in [-0.1, -0.05) is 12.1 Å². The number of guanidine groups is 1. The van der Waals surface area contributed by atoms with Gasteiger partial charge in [-0.15, -0.1) is 35.3 Å². The highest BCUT2D eigenvalue weighted by atomic mass is 127. The molecule has 4 rings (SSSR count). The third kappa shape index (κ3) is 6.69. The molecule has 2 N–H and O–H groups in total. The number of halogens is 1. The van der Waals surface area contributed by atoms with Crippen LogP contribution >= 0.6 is 35.3 Å². The number of piperazine rings is 1. The Bertz CT molecular complexity index is 800. The number of anilines is 1. The van der Waals surface area contributed by atoms with Gasteiger partial charge in [0.25, 0.3) is 0 Å². The van der Waals surface area contributed by atoms with E-state index in [2.05, 4.69) is 31.8 Å². The van der Waals surface area contributed by atoms with Crippen molar-refractivity contribution in [3.8, 4) is 5.75 Å². The first-order valence-electron chi connectivity index (χ1n) is 10.8. The van der Waals surface area contributed by atoms with Crippen LogP contribution in [0, 0.1) is 5.92 Å². The highest BCUT2D eigenvalue weighted by molar-refractivity contribution is 14.0. The molecule has 1 aromatic carbocycles. The molecule has 2 aliphatic rings. The second-order valence-electron chi connectivity index (χ2n) is 8.06. The monoisotopic (exact) mass is 556 g/mol. The number of hydrogen-bond donors (Lipinski definition) is 1. The van der Waals surface area contributed by atoms with E-state index in [0.717, 1.165) is 63.2 Å². The fraction of sp³-hybridized carbons (Fsp3) is 0.545. The molecule has 0 amide bonds. The van der Waals surface area contributed by atoms with Crippen molar-refractivity contribution in [1.29, 1.82) is 0 Å². The fourth-order valence-corrected chi connectivity index (χ4v) is 4.83. The van der Waals surface area contributed by atoms with Crippen LogP contribution < -0.4 is 15.4 Å². The number of piperidine rings is 1. The maximum absolute atomic E-state index is 6.31. The quantitative estimate of drug-likeness (QED) is 0.335. The van der Waals surface area contributed by atoms with Gasteiger partial charge in [0.15, 0.2) is 11.1 Å². The molecule has 2 aliphatic heterocycles. The van der Waals surface area contributed by atoms with Gasteiger partial charge in [-0.25, -0.2) is 4.98 Å². The van der Waals surface area contributed by atoms with E-state index in [4.69, 9.17) is 15.5 Å². The number of hydrogen-bond acceptors (Lipinski definition) is 6. The molecule has 0 saturated carbocycles. The van der Waals surface area contributed by atoms with Crippen molar-refractivity contribution in [3.63, 3.8) is 0 Å². The number of ether oxygens (including phenoxy) is 1. The molecule has 2 fully saturated rings. The summed E-state index contributed by atoms with van der Waals surface area (Å²) in [5, 5.41) is 3.13. The van der Waals surface area contributed by atoms with Gasteiger partial charge in [-0.2, -0.15) is 0 Å². The van der Waals surface area contributed by atoms with Crippen LogP contribution in [0.1, 0.15) is 18.4 Å². The van der Waals surface area contributed by atoms with Gasteiger partial charge >= 0.3 is 0 Å². The van der Waals surface area contributed by atoms with Crippen molar-refractivity contribution < 1.29 is 4.74 Å². The average molecular weight is 557 g/mol. The van der Waals surface area contributed by atoms with Gasteiger partial charge in [0.05, 0.1) is 7.11 Å². The zero-order chi connectivity index (χ0) is 20.8. The minimum absolute atomic E-state index is 0. The minimum atomic E-state index is 0. The Labute approximate surface area is 206 Å². The van der Waals surface area contributed by atoms with E-state index < -0.39 is 0 Å². The maximum Gasteiger partial charge on any atom is 0.191 e. The van der Waals surface area contributed by atoms with Crippen LogP contribution in [0.25, 0.3) is 0 Å². The third-order valence-electron chi connectivity index (χ3n) is 6.08. The Balaban J connectivity index is 0.00000272. The van der Waals surface area contributed by atoms with Crippen molar-refractivity contribution in [2.24, 2.45) is 16.6 Å². The number of thiazole rings is 1. The predicted molar refractivity (Wildman–Crippen MR) is 139 cm³/mol. The van der Waals surface area contributed by atoms with Gasteiger partial charge in [0.1, 0.15) is 5.75 Å². The van der Waals surface area contributed by atoms with Crippen LogP contribution in [-0.2, 0) is 6.54 Å². The summed E-state index contributed by atoms with van der Waals surface area (Å²) in [7, 11) is 1.71. The molecular formula is C22H33IN6OS. The van der Waals surface area contributed by atoms with E-state index in [1.807, 2.05) is 23.7 Å². The lowest BCUT2D eigenvalue weighted by molar-refractivity contribution is 0.180. The molecule has 3 heterocycles. The molecule has 31 heavy (non-hydrogen) atoms. The van der Waals surface area contributed by atoms with Gasteiger partial charge in [-0.3, -0.25) is 9.89 Å². The van der Waals surface area contributed by atoms with Gasteiger partial charge < -0.3 is 20.3 Å². The second-order valence-corrected chi connectivity index (χ2v) is 8.93. The van der Waals surface area contributed by atoms with E-state index in [1.165, 1.54) is 18.4 Å². The van der Waals surface area contributed by atoms with Crippen LogP contribution in [0.2, 0.25) is 0 Å². The van der Waals surface area contributed by atoms with E-state index in [0.29, 0.717) is 11.9 Å². The van der Waals surface area contributed by atoms with Gasteiger partial charge in [0, 0.05) is 50.8 Å². The van der Waals surface area contributed by atoms with Crippen LogP contribution in [0.5, 0.6) is 5.75 Å². The summed E-state index contributed by atoms with van der Waals surface area (Å²) in [6.07, 6.45) is 4.24. The molecule has 2 aromatic rings. The Morgan fingerprint density at radius 3 is 2.45 bits per heavy atom. The molecule has 0 bridgehead atoms. The molecule has 0 aliphatic carbocycles. The zero-order valence-corrected chi connectivity index (χ0v) is 21.3. The normalized spacial score (nSPS) is 18.7. The summed E-state index contributed by atoms with van der Waals surface area (Å²) >= 11 is 1.70. The van der Waals surface area contributed by atoms with E-state index in [1.54, 1.807) is 18.4 Å². The maximum atomic E-state index is 6.31. The molecule has 2 saturated heterocycles. The van der Waals surface area contributed by atoms with Crippen LogP contribution in [0.3, 0.4) is 0 Å². The summed E-state index contributed by atoms with van der Waals surface area (Å²) in [5.74, 6) is 2.25. The highest BCUT2D eigenvalue weighted by Gasteiger charge is 2.22. The minimum Gasteiger partial charge on any atom is -0.497 e. The number of aliphatic imine (C=N–C) groups is 1. The lowest BCUT2D eigenvalue weighted by Gasteiger charge is -2.35. The number of methoxy groups -OCH3 is 1. The van der Waals surface area contributed by atoms with Gasteiger partial charge in [0.2, 0.25) is 0 Å². The SMILES string of the molecule is COc1ccc(CN2CCC(CN=C(N)N3CCN(c4nccs4)CC3)CC2)cc1.I. The number of nitrogens with zero attached hydrogens (tertiary/aromatic N) is 5. The van der Waals surface area contributed by atoms with E-state index in [-0.39, 0.29) is 24.0 Å². The van der Waals surface area contributed by atoms with Crippen molar-refractivity contribution in [2.45, 2.75) is 19.4 Å². The number of aromatic nitrogens is 1. The Morgan fingerprint density at radius 2 is 1.84 bits per heavy atom. The summed E-state index contributed by atoms with van der Waals surface area (Å²) in [6.45, 7) is 7.82. The molecule has 0 atom stereocenters. The molecule has 0 radical (unpaired) electrons. The highest BCUT2D eigenvalue weighted by Crippen LogP contribution is 2.21. The average Bonchev–Trinajstić information content (AvgIpc) is 3.34. The van der Waals surface area contributed by atoms with Crippen molar-refractivity contribution in [2.75, 3.05) is 57.8 Å². The Morgan fingerprint density at radius 1 is 1.13 bits per heavy atom. The number of nitrogens with two attached hydrogens (primary N) is 1. The topological polar surface area (TPSA) is 70.2 Å². The van der Waals surface area contributed by atoms with Crippen molar-refractivity contribution in [1.82, 2.24) is 14.8 Å². The molecule has 170 valence electrons. The largest absolute Gasteiger partial charge is 0.497 e. The summed E-state index contributed by atoms with van der Waals surface area (Å²) in [6, 6.07) is 8.39. The van der Waals surface area contributed by atoms with Crippen LogP contribution in [0.15, 0.2) is 40.8 Å². The van der Waals surface area contributed by atoms with Crippen LogP contribution in [-0.4, -0.2) is 73.7 Å². The molecule has 0 unspecified atom stereocenters. The lowest BCUT2D eigenvalue weighted by Crippen LogP contribution is -2.51. The fourth-order valence-electron chi connectivity index (χ4n) is 4.14. The summed E-state index contributed by atoms with van der Waals surface area (Å²) < 4.78 is 5.24. The summed E-state index contributed by atoms with van der Waals surface area (Å²) in [4.78, 5) is 16.2. The first kappa shape index (κ1) is 24.1. The smallest absolute Gasteiger partial charge is 0.191 e. The predicted octanol–water partition coefficient (Wildman–Crippen LogP) is 3.12. The third-order valence-corrected chi connectivity index (χ3v) is 6.91. The van der Waals surface area contributed by atoms with Crippen LogP contribution in [0.4, 0.5) is 5.13 Å². The first-order chi connectivity index (χ1) is 14.7. The number of likely N-dealkylation sites (tertiary alicyclic amines) is 1. The molecule has 1 aromatic heterocycles. The molecule has 9 heteroatoms. The van der Waals surface area contributed by atoms with Gasteiger partial charge in [-0.05, 0) is 49.5 Å².